The van der Waals surface area contributed by atoms with E-state index in [0.717, 1.165) is 0 Å². The summed E-state index contributed by atoms with van der Waals surface area (Å²) >= 11 is 0. The van der Waals surface area contributed by atoms with E-state index in [1.807, 2.05) is 27.7 Å². The summed E-state index contributed by atoms with van der Waals surface area (Å²) < 4.78 is 5.75. The van der Waals surface area contributed by atoms with Gasteiger partial charge >= 0.3 is 5.97 Å². The minimum absolute atomic E-state index is 0.0555. The molecule has 0 aromatic rings. The number of carbonyl (C=O) groups excluding carboxylic acids is 2. The molecular weight excluding hydrogens is 336 g/mol. The molecule has 0 radical (unpaired) electrons. The summed E-state index contributed by atoms with van der Waals surface area (Å²) in [5.74, 6) is -1.65. The summed E-state index contributed by atoms with van der Waals surface area (Å²) in [7, 11) is 0. The lowest BCUT2D eigenvalue weighted by Gasteiger charge is -2.68. The second-order valence-electron chi connectivity index (χ2n) is 9.73. The van der Waals surface area contributed by atoms with E-state index in [2.05, 4.69) is 0 Å². The maximum absolute atomic E-state index is 13.3. The summed E-state index contributed by atoms with van der Waals surface area (Å²) in [6.45, 7) is 7.73. The van der Waals surface area contributed by atoms with Crippen molar-refractivity contribution >= 4 is 11.8 Å². The second-order valence-corrected chi connectivity index (χ2v) is 9.73. The Bertz CT molecular complexity index is 648. The summed E-state index contributed by atoms with van der Waals surface area (Å²) in [6.07, 6.45) is -2.23. The van der Waals surface area contributed by atoms with Gasteiger partial charge in [0, 0.05) is 23.2 Å². The average molecular weight is 366 g/mol. The Morgan fingerprint density at radius 1 is 1.00 bits per heavy atom. The quantitative estimate of drug-likeness (QED) is 0.551. The lowest BCUT2D eigenvalue weighted by atomic mass is 9.37. The highest BCUT2D eigenvalue weighted by atomic mass is 16.5. The molecule has 3 aliphatic carbocycles. The van der Waals surface area contributed by atoms with Crippen LogP contribution in [0.15, 0.2) is 0 Å². The molecule has 6 nitrogen and oxygen atoms in total. The fourth-order valence-electron chi connectivity index (χ4n) is 7.38. The van der Waals surface area contributed by atoms with Crippen molar-refractivity contribution in [1.29, 1.82) is 0 Å². The number of fused-ring (bicyclic) bond motifs is 2. The normalized spacial score (nSPS) is 59.3. The van der Waals surface area contributed by atoms with E-state index in [4.69, 9.17) is 4.74 Å². The first-order valence-corrected chi connectivity index (χ1v) is 9.81. The lowest BCUT2D eigenvalue weighted by Crippen LogP contribution is -2.74. The fourth-order valence-corrected chi connectivity index (χ4v) is 7.38. The van der Waals surface area contributed by atoms with Crippen molar-refractivity contribution in [1.82, 2.24) is 0 Å². The van der Waals surface area contributed by atoms with E-state index >= 15 is 0 Å². The van der Waals surface area contributed by atoms with Gasteiger partial charge in [0.15, 0.2) is 5.78 Å². The van der Waals surface area contributed by atoms with Crippen molar-refractivity contribution in [3.05, 3.63) is 0 Å². The molecule has 4 aliphatic rings. The zero-order valence-electron chi connectivity index (χ0n) is 15.9. The minimum atomic E-state index is -1.15. The maximum Gasteiger partial charge on any atom is 0.306 e. The molecule has 4 fully saturated rings. The highest BCUT2D eigenvalue weighted by Gasteiger charge is 2.73. The number of carbonyl (C=O) groups is 2. The molecule has 3 N–H and O–H groups in total. The van der Waals surface area contributed by atoms with Gasteiger partial charge in [-0.1, -0.05) is 27.7 Å². The smallest absolute Gasteiger partial charge is 0.306 e. The van der Waals surface area contributed by atoms with Crippen molar-refractivity contribution in [2.75, 3.05) is 0 Å². The van der Waals surface area contributed by atoms with Crippen molar-refractivity contribution in [3.8, 4) is 0 Å². The fraction of sp³-hybridized carbons (Fsp3) is 0.900. The first kappa shape index (κ1) is 18.4. The predicted molar refractivity (Wildman–Crippen MR) is 91.8 cm³/mol. The van der Waals surface area contributed by atoms with Crippen LogP contribution >= 0.6 is 0 Å². The predicted octanol–water partition coefficient (Wildman–Crippen LogP) is 0.908. The summed E-state index contributed by atoms with van der Waals surface area (Å²) in [5.41, 5.74) is -1.48. The van der Waals surface area contributed by atoms with E-state index in [-0.39, 0.29) is 47.9 Å². The molecule has 1 saturated heterocycles. The van der Waals surface area contributed by atoms with Gasteiger partial charge < -0.3 is 20.1 Å². The molecule has 0 aromatic heterocycles. The van der Waals surface area contributed by atoms with Gasteiger partial charge in [-0.25, -0.2) is 0 Å². The Balaban J connectivity index is 1.91. The van der Waals surface area contributed by atoms with Crippen LogP contribution < -0.4 is 0 Å². The van der Waals surface area contributed by atoms with Gasteiger partial charge in [-0.15, -0.1) is 0 Å². The van der Waals surface area contributed by atoms with Gasteiger partial charge in [-0.3, -0.25) is 9.59 Å². The maximum atomic E-state index is 13.3. The highest BCUT2D eigenvalue weighted by molar-refractivity contribution is 5.89. The van der Waals surface area contributed by atoms with Crippen LogP contribution in [0.3, 0.4) is 0 Å². The molecule has 0 bridgehead atoms. The topological polar surface area (TPSA) is 104 Å². The van der Waals surface area contributed by atoms with Crippen LogP contribution in [0.4, 0.5) is 0 Å². The summed E-state index contributed by atoms with van der Waals surface area (Å²) in [6, 6.07) is 0. The Morgan fingerprint density at radius 2 is 1.65 bits per heavy atom. The van der Waals surface area contributed by atoms with E-state index in [1.54, 1.807) is 0 Å². The average Bonchev–Trinajstić information content (AvgIpc) is 2.56. The summed E-state index contributed by atoms with van der Waals surface area (Å²) in [4.78, 5) is 25.6. The number of hydrogen-bond acceptors (Lipinski definition) is 6. The Kier molecular flexibility index (Phi) is 3.90. The van der Waals surface area contributed by atoms with Gasteiger partial charge in [-0.05, 0) is 36.5 Å². The largest absolute Gasteiger partial charge is 0.462 e. The van der Waals surface area contributed by atoms with Crippen LogP contribution in [-0.4, -0.2) is 51.5 Å². The molecule has 0 amide bonds. The molecule has 4 rings (SSSR count). The molecule has 0 unspecified atom stereocenters. The van der Waals surface area contributed by atoms with Gasteiger partial charge in [0.2, 0.25) is 0 Å². The zero-order chi connectivity index (χ0) is 19.2. The third-order valence-electron chi connectivity index (χ3n) is 8.67. The van der Waals surface area contributed by atoms with Gasteiger partial charge in [-0.2, -0.15) is 0 Å². The van der Waals surface area contributed by atoms with Gasteiger partial charge in [0.1, 0.15) is 12.2 Å². The molecule has 26 heavy (non-hydrogen) atoms. The standard InChI is InChI=1S/C20H30O6/c1-8-5-12(21)18(25)20(4)10(8)6-13-19(3)11(7-14(22)26-13)9(2)15(23)16(24)17(19)20/h8-13,15,17-18,21,23,25H,5-7H2,1-4H3/t8-,9-,10+,11+,12+,13-,15+,17+,18+,19-,20+/m1/s1. The van der Waals surface area contributed by atoms with Crippen LogP contribution in [0, 0.1) is 40.4 Å². The highest BCUT2D eigenvalue weighted by Crippen LogP contribution is 2.68. The number of ketones is 1. The molecule has 0 aromatic carbocycles. The Labute approximate surface area is 153 Å². The van der Waals surface area contributed by atoms with Crippen LogP contribution in [0.1, 0.15) is 47.0 Å². The number of Topliss-reactive ketones (excluding diaryl/α,β-unsaturated/α-hetero) is 1. The third kappa shape index (κ3) is 1.98. The molecule has 0 spiro atoms. The zero-order valence-corrected chi connectivity index (χ0v) is 15.9. The van der Waals surface area contributed by atoms with Crippen molar-refractivity contribution < 1.29 is 29.6 Å². The van der Waals surface area contributed by atoms with E-state index in [9.17, 15) is 24.9 Å². The van der Waals surface area contributed by atoms with E-state index in [1.165, 1.54) is 0 Å². The molecule has 146 valence electrons. The molecular formula is C20H30O6. The van der Waals surface area contributed by atoms with E-state index < -0.39 is 35.1 Å². The number of aliphatic hydroxyl groups excluding tert-OH is 3. The molecule has 1 aliphatic heterocycles. The third-order valence-corrected chi connectivity index (χ3v) is 8.67. The van der Waals surface area contributed by atoms with Crippen LogP contribution in [0.5, 0.6) is 0 Å². The van der Waals surface area contributed by atoms with Crippen molar-refractivity contribution in [2.45, 2.75) is 71.4 Å². The minimum Gasteiger partial charge on any atom is -0.462 e. The number of ether oxygens (including phenoxy) is 1. The SMILES string of the molecule is C[C@H]1[C@H](O)C(=O)[C@H]2[C@@]3(C)[C@@H](C[C@H]4[C@H](C)C[C@H](O)[C@H](O)[C@]24C)OC(=O)C[C@@H]13. The Morgan fingerprint density at radius 3 is 2.31 bits per heavy atom. The van der Waals surface area contributed by atoms with Crippen molar-refractivity contribution in [2.24, 2.45) is 40.4 Å². The van der Waals surface area contributed by atoms with Gasteiger partial charge in [0.25, 0.3) is 0 Å². The van der Waals surface area contributed by atoms with Crippen molar-refractivity contribution in [3.63, 3.8) is 0 Å². The monoisotopic (exact) mass is 366 g/mol. The number of esters is 1. The number of hydrogen-bond donors (Lipinski definition) is 3. The van der Waals surface area contributed by atoms with Crippen LogP contribution in [0.2, 0.25) is 0 Å². The van der Waals surface area contributed by atoms with Gasteiger partial charge in [0.05, 0.1) is 12.2 Å². The molecule has 6 heteroatoms. The number of rotatable bonds is 0. The molecule has 1 heterocycles. The van der Waals surface area contributed by atoms with Crippen LogP contribution in [0.25, 0.3) is 0 Å². The first-order chi connectivity index (χ1) is 12.0. The number of aliphatic hydroxyl groups is 3. The molecule has 3 saturated carbocycles. The Hall–Kier alpha value is -0.980. The second kappa shape index (κ2) is 5.52. The first-order valence-electron chi connectivity index (χ1n) is 9.81. The molecule has 11 atom stereocenters. The summed E-state index contributed by atoms with van der Waals surface area (Å²) in [5, 5.41) is 32.1. The van der Waals surface area contributed by atoms with E-state index in [0.29, 0.717) is 12.8 Å². The van der Waals surface area contributed by atoms with Crippen LogP contribution in [-0.2, 0) is 14.3 Å². The lowest BCUT2D eigenvalue weighted by molar-refractivity contribution is -0.273.